The Bertz CT molecular complexity index is 625. The lowest BCUT2D eigenvalue weighted by atomic mass is 9.99. The molecule has 4 heteroatoms. The molecule has 4 nitrogen and oxygen atoms in total. The number of carbonyl (C=O) groups is 1. The molecule has 1 heterocycles. The van der Waals surface area contributed by atoms with Crippen LogP contribution in [0.25, 0.3) is 0 Å². The summed E-state index contributed by atoms with van der Waals surface area (Å²) in [4.78, 5) is 14.6. The molecule has 1 fully saturated rings. The summed E-state index contributed by atoms with van der Waals surface area (Å²) < 4.78 is 5.72. The molecule has 2 aromatic rings. The Morgan fingerprint density at radius 1 is 1.00 bits per heavy atom. The molecular formula is C21H26N2O2. The van der Waals surface area contributed by atoms with E-state index in [0.29, 0.717) is 19.6 Å². The van der Waals surface area contributed by atoms with Crippen LogP contribution in [-0.4, -0.2) is 42.6 Å². The zero-order valence-electron chi connectivity index (χ0n) is 14.9. The van der Waals surface area contributed by atoms with Crippen LogP contribution in [0.15, 0.2) is 60.7 Å². The highest BCUT2D eigenvalue weighted by molar-refractivity contribution is 5.78. The van der Waals surface area contributed by atoms with E-state index in [0.717, 1.165) is 11.1 Å². The van der Waals surface area contributed by atoms with E-state index in [2.05, 4.69) is 29.6 Å². The van der Waals surface area contributed by atoms with Crippen LogP contribution in [0.4, 0.5) is 0 Å². The Morgan fingerprint density at radius 2 is 1.48 bits per heavy atom. The molecule has 0 saturated carbocycles. The van der Waals surface area contributed by atoms with E-state index in [4.69, 9.17) is 4.74 Å². The van der Waals surface area contributed by atoms with Gasteiger partial charge in [-0.05, 0) is 25.0 Å². The average Bonchev–Trinajstić information content (AvgIpc) is 2.63. The second-order valence-electron chi connectivity index (χ2n) is 6.69. The number of morpholine rings is 1. The van der Waals surface area contributed by atoms with Crippen molar-refractivity contribution in [2.45, 2.75) is 32.1 Å². The third kappa shape index (κ3) is 4.68. The lowest BCUT2D eigenvalue weighted by Gasteiger charge is -2.35. The second-order valence-corrected chi connectivity index (χ2v) is 6.69. The lowest BCUT2D eigenvalue weighted by molar-refractivity contribution is -0.142. The average molecular weight is 338 g/mol. The highest BCUT2D eigenvalue weighted by Crippen LogP contribution is 2.21. The molecule has 1 amide bonds. The minimum absolute atomic E-state index is 0.00207. The monoisotopic (exact) mass is 338 g/mol. The van der Waals surface area contributed by atoms with Crippen LogP contribution in [-0.2, 0) is 9.53 Å². The first-order valence-electron chi connectivity index (χ1n) is 8.90. The Kier molecular flexibility index (Phi) is 5.84. The molecule has 1 aliphatic rings. The van der Waals surface area contributed by atoms with Gasteiger partial charge in [0.15, 0.2) is 0 Å². The van der Waals surface area contributed by atoms with Crippen molar-refractivity contribution >= 4 is 5.91 Å². The smallest absolute Gasteiger partial charge is 0.236 e. The number of carbonyl (C=O) groups excluding carboxylic acids is 1. The lowest BCUT2D eigenvalue weighted by Crippen LogP contribution is -2.50. The second kappa shape index (κ2) is 8.28. The molecule has 2 atom stereocenters. The molecule has 3 rings (SSSR count). The highest BCUT2D eigenvalue weighted by atomic mass is 16.5. The van der Waals surface area contributed by atoms with Gasteiger partial charge in [0, 0.05) is 13.1 Å². The molecule has 25 heavy (non-hydrogen) atoms. The van der Waals surface area contributed by atoms with Gasteiger partial charge in [-0.2, -0.15) is 0 Å². The fourth-order valence-corrected chi connectivity index (χ4v) is 3.40. The van der Waals surface area contributed by atoms with E-state index in [1.54, 1.807) is 0 Å². The van der Waals surface area contributed by atoms with Gasteiger partial charge in [0.2, 0.25) is 5.91 Å². The highest BCUT2D eigenvalue weighted by Gasteiger charge is 2.26. The van der Waals surface area contributed by atoms with Crippen molar-refractivity contribution in [1.29, 1.82) is 0 Å². The van der Waals surface area contributed by atoms with Crippen molar-refractivity contribution in [2.75, 3.05) is 19.6 Å². The van der Waals surface area contributed by atoms with Crippen LogP contribution >= 0.6 is 0 Å². The van der Waals surface area contributed by atoms with Crippen LogP contribution in [0.1, 0.15) is 31.0 Å². The Morgan fingerprint density at radius 3 is 1.96 bits per heavy atom. The van der Waals surface area contributed by atoms with Crippen molar-refractivity contribution in [3.8, 4) is 0 Å². The zero-order valence-corrected chi connectivity index (χ0v) is 14.9. The van der Waals surface area contributed by atoms with E-state index >= 15 is 0 Å². The van der Waals surface area contributed by atoms with Gasteiger partial charge in [0.1, 0.15) is 0 Å². The van der Waals surface area contributed by atoms with Crippen molar-refractivity contribution in [3.63, 3.8) is 0 Å². The van der Waals surface area contributed by atoms with Gasteiger partial charge < -0.3 is 9.64 Å². The van der Waals surface area contributed by atoms with E-state index in [-0.39, 0.29) is 24.2 Å². The summed E-state index contributed by atoms with van der Waals surface area (Å²) in [5.41, 5.74) is 2.32. The Hall–Kier alpha value is -2.17. The molecule has 0 radical (unpaired) electrons. The third-order valence-corrected chi connectivity index (χ3v) is 4.50. The largest absolute Gasteiger partial charge is 0.372 e. The van der Waals surface area contributed by atoms with Crippen LogP contribution in [0.3, 0.4) is 0 Å². The van der Waals surface area contributed by atoms with Gasteiger partial charge in [-0.15, -0.1) is 0 Å². The van der Waals surface area contributed by atoms with Crippen LogP contribution < -0.4 is 5.32 Å². The third-order valence-electron chi connectivity index (χ3n) is 4.50. The first kappa shape index (κ1) is 17.6. The normalized spacial score (nSPS) is 20.7. The topological polar surface area (TPSA) is 41.6 Å². The molecular weight excluding hydrogens is 312 g/mol. The molecule has 1 N–H and O–H groups in total. The molecule has 1 saturated heterocycles. The van der Waals surface area contributed by atoms with Crippen LogP contribution in [0.5, 0.6) is 0 Å². The number of nitrogens with zero attached hydrogens (tertiary/aromatic N) is 1. The van der Waals surface area contributed by atoms with E-state index in [9.17, 15) is 4.79 Å². The van der Waals surface area contributed by atoms with Gasteiger partial charge >= 0.3 is 0 Å². The maximum atomic E-state index is 12.7. The number of nitrogens with one attached hydrogen (secondary N) is 1. The SMILES string of the molecule is CC1CN(C(=O)CNC(c2ccccc2)c2ccccc2)CC(C)O1. The number of ether oxygens (including phenoxy) is 1. The molecule has 132 valence electrons. The maximum absolute atomic E-state index is 12.7. The zero-order chi connectivity index (χ0) is 17.6. The number of hydrogen-bond acceptors (Lipinski definition) is 3. The summed E-state index contributed by atoms with van der Waals surface area (Å²) >= 11 is 0. The summed E-state index contributed by atoms with van der Waals surface area (Å²) in [6, 6.07) is 20.5. The van der Waals surface area contributed by atoms with Gasteiger partial charge in [-0.25, -0.2) is 0 Å². The van der Waals surface area contributed by atoms with Gasteiger partial charge in [0.05, 0.1) is 24.8 Å². The fraction of sp³-hybridized carbons (Fsp3) is 0.381. The standard InChI is InChI=1S/C21H26N2O2/c1-16-14-23(15-17(2)25-16)20(24)13-22-21(18-9-5-3-6-10-18)19-11-7-4-8-12-19/h3-12,16-17,21-22H,13-15H2,1-2H3. The molecule has 0 spiro atoms. The predicted molar refractivity (Wildman–Crippen MR) is 99.3 cm³/mol. The molecule has 0 bridgehead atoms. The van der Waals surface area contributed by atoms with Crippen LogP contribution in [0.2, 0.25) is 0 Å². The van der Waals surface area contributed by atoms with Crippen LogP contribution in [0, 0.1) is 0 Å². The van der Waals surface area contributed by atoms with E-state index in [1.165, 1.54) is 0 Å². The minimum atomic E-state index is 0.00207. The summed E-state index contributed by atoms with van der Waals surface area (Å²) in [5.74, 6) is 0.124. The Balaban J connectivity index is 1.70. The minimum Gasteiger partial charge on any atom is -0.372 e. The van der Waals surface area contributed by atoms with Crippen molar-refractivity contribution in [1.82, 2.24) is 10.2 Å². The predicted octanol–water partition coefficient (Wildman–Crippen LogP) is 3.00. The molecule has 0 aliphatic carbocycles. The quantitative estimate of drug-likeness (QED) is 0.911. The number of benzene rings is 2. The molecule has 0 aromatic heterocycles. The number of hydrogen-bond donors (Lipinski definition) is 1. The summed E-state index contributed by atoms with van der Waals surface area (Å²) in [5, 5.41) is 3.45. The fourth-order valence-electron chi connectivity index (χ4n) is 3.40. The van der Waals surface area contributed by atoms with Crippen molar-refractivity contribution < 1.29 is 9.53 Å². The first-order valence-corrected chi connectivity index (χ1v) is 8.90. The maximum Gasteiger partial charge on any atom is 0.236 e. The van der Waals surface area contributed by atoms with Crippen molar-refractivity contribution in [2.24, 2.45) is 0 Å². The summed E-state index contributed by atoms with van der Waals surface area (Å²) in [6.07, 6.45) is 0.179. The van der Waals surface area contributed by atoms with Gasteiger partial charge in [-0.3, -0.25) is 10.1 Å². The first-order chi connectivity index (χ1) is 12.1. The van der Waals surface area contributed by atoms with Gasteiger partial charge in [0.25, 0.3) is 0 Å². The van der Waals surface area contributed by atoms with Crippen molar-refractivity contribution in [3.05, 3.63) is 71.8 Å². The number of rotatable bonds is 5. The summed E-state index contributed by atoms with van der Waals surface area (Å²) in [6.45, 7) is 5.66. The van der Waals surface area contributed by atoms with E-state index < -0.39 is 0 Å². The number of amides is 1. The van der Waals surface area contributed by atoms with Gasteiger partial charge in [-0.1, -0.05) is 60.7 Å². The Labute approximate surface area is 149 Å². The van der Waals surface area contributed by atoms with E-state index in [1.807, 2.05) is 55.1 Å². The molecule has 1 aliphatic heterocycles. The molecule has 2 unspecified atom stereocenters. The summed E-state index contributed by atoms with van der Waals surface area (Å²) in [7, 11) is 0. The molecule has 2 aromatic carbocycles.